The Morgan fingerprint density at radius 3 is 1.62 bits per heavy atom. The highest BCUT2D eigenvalue weighted by Gasteiger charge is 2.38. The van der Waals surface area contributed by atoms with Crippen molar-refractivity contribution in [1.29, 1.82) is 0 Å². The van der Waals surface area contributed by atoms with Crippen LogP contribution in [0.1, 0.15) is 72.6 Å². The van der Waals surface area contributed by atoms with Gasteiger partial charge < -0.3 is 9.47 Å². The Labute approximate surface area is 241 Å². The third-order valence-electron chi connectivity index (χ3n) is 5.76. The number of allylic oxidation sites excluding steroid dienone is 11. The van der Waals surface area contributed by atoms with Crippen molar-refractivity contribution in [3.63, 3.8) is 0 Å². The molecule has 6 heteroatoms. The molecule has 1 saturated heterocycles. The fraction of sp³-hybridized carbons (Fsp3) is 0.412. The summed E-state index contributed by atoms with van der Waals surface area (Å²) in [7, 11) is 0. The van der Waals surface area contributed by atoms with Crippen molar-refractivity contribution in [2.24, 2.45) is 17.8 Å². The minimum absolute atomic E-state index is 0.210. The van der Waals surface area contributed by atoms with E-state index in [0.29, 0.717) is 5.92 Å². The molecule has 2 heterocycles. The van der Waals surface area contributed by atoms with E-state index in [9.17, 15) is 19.2 Å². The minimum atomic E-state index is -0.579. The molecular formula is C34H48O6. The highest BCUT2D eigenvalue weighted by molar-refractivity contribution is 6.04. The first kappa shape index (κ1) is 38.3. The van der Waals surface area contributed by atoms with E-state index in [4.69, 9.17) is 0 Å². The fourth-order valence-corrected chi connectivity index (χ4v) is 3.55. The van der Waals surface area contributed by atoms with Crippen molar-refractivity contribution in [3.8, 4) is 0 Å². The quantitative estimate of drug-likeness (QED) is 0.0992. The maximum atomic E-state index is 11.5. The van der Waals surface area contributed by atoms with Gasteiger partial charge in [0, 0.05) is 12.2 Å². The molecule has 2 aliphatic heterocycles. The molecule has 3 atom stereocenters. The number of hydrogen-bond donors (Lipinski definition) is 0. The van der Waals surface area contributed by atoms with Gasteiger partial charge in [-0.3, -0.25) is 9.59 Å². The lowest BCUT2D eigenvalue weighted by atomic mass is 9.84. The zero-order valence-electron chi connectivity index (χ0n) is 24.8. The Morgan fingerprint density at radius 2 is 1.25 bits per heavy atom. The molecule has 0 aromatic heterocycles. The SMILES string of the molecule is C/C=C/CCC(C/C=C/C)C1CC(=O)OC1=O.C=CC(C/C=C/C)CC/C=C/C.C=CC=C.O=C1C=CC(=O)O1. The van der Waals surface area contributed by atoms with E-state index >= 15 is 0 Å². The Morgan fingerprint density at radius 1 is 0.750 bits per heavy atom. The van der Waals surface area contributed by atoms with E-state index in [-0.39, 0.29) is 30.2 Å². The number of rotatable bonds is 13. The second-order valence-corrected chi connectivity index (χ2v) is 8.81. The summed E-state index contributed by atoms with van der Waals surface area (Å²) in [6.45, 7) is 18.6. The monoisotopic (exact) mass is 552 g/mol. The van der Waals surface area contributed by atoms with E-state index < -0.39 is 11.9 Å². The molecule has 0 bridgehead atoms. The lowest BCUT2D eigenvalue weighted by molar-refractivity contribution is -0.154. The molecule has 0 aromatic rings. The Hall–Kier alpha value is -3.80. The molecule has 0 N–H and O–H groups in total. The molecule has 40 heavy (non-hydrogen) atoms. The van der Waals surface area contributed by atoms with Crippen LogP contribution in [0.4, 0.5) is 0 Å². The summed E-state index contributed by atoms with van der Waals surface area (Å²) in [6.07, 6.45) is 30.7. The highest BCUT2D eigenvalue weighted by Crippen LogP contribution is 2.30. The van der Waals surface area contributed by atoms with Crippen LogP contribution in [0.25, 0.3) is 0 Å². The van der Waals surface area contributed by atoms with E-state index in [1.165, 1.54) is 12.8 Å². The van der Waals surface area contributed by atoms with Crippen molar-refractivity contribution in [1.82, 2.24) is 0 Å². The van der Waals surface area contributed by atoms with Gasteiger partial charge in [-0.05, 0) is 78.1 Å². The zero-order valence-corrected chi connectivity index (χ0v) is 24.8. The Balaban J connectivity index is 0. The van der Waals surface area contributed by atoms with Crippen molar-refractivity contribution in [3.05, 3.63) is 98.7 Å². The highest BCUT2D eigenvalue weighted by atomic mass is 16.6. The summed E-state index contributed by atoms with van der Waals surface area (Å²) in [5, 5.41) is 0. The topological polar surface area (TPSA) is 86.7 Å². The first-order valence-corrected chi connectivity index (χ1v) is 13.7. The van der Waals surface area contributed by atoms with Crippen molar-refractivity contribution in [2.75, 3.05) is 0 Å². The molecular weight excluding hydrogens is 504 g/mol. The standard InChI is InChI=1S/C14H20O3.C12H20.C4H2O3.C4H6/c1-3-5-7-9-11(8-6-4-2)12-10-13(15)17-14(12)16;1-4-7-9-11-12(6-3)10-8-5-2;5-3-1-2-4(6)7-3;1-3-4-2/h3-6,11-12H,7-10H2,1-2H3;4-8,12H,3,9-11H2,1-2H3;1-2H;3-4H,1-2H2/b5-3+,6-4+;7-4+,8-5+;;. The van der Waals surface area contributed by atoms with Gasteiger partial charge in [0.2, 0.25) is 0 Å². The van der Waals surface area contributed by atoms with Crippen LogP contribution in [0, 0.1) is 17.8 Å². The van der Waals surface area contributed by atoms with Gasteiger partial charge in [0.05, 0.1) is 12.3 Å². The minimum Gasteiger partial charge on any atom is -0.393 e. The molecule has 220 valence electrons. The molecule has 6 nitrogen and oxygen atoms in total. The number of hydrogen-bond acceptors (Lipinski definition) is 6. The molecule has 1 fully saturated rings. The Bertz CT molecular complexity index is 910. The van der Waals surface area contributed by atoms with Gasteiger partial charge in [-0.25, -0.2) is 9.59 Å². The van der Waals surface area contributed by atoms with Gasteiger partial charge in [-0.1, -0.05) is 80.0 Å². The summed E-state index contributed by atoms with van der Waals surface area (Å²) < 4.78 is 8.59. The van der Waals surface area contributed by atoms with Crippen LogP contribution >= 0.6 is 0 Å². The lowest BCUT2D eigenvalue weighted by Crippen LogP contribution is -2.19. The van der Waals surface area contributed by atoms with Crippen LogP contribution in [0.3, 0.4) is 0 Å². The average Bonchev–Trinajstić information content (AvgIpc) is 3.50. The molecule has 0 aliphatic carbocycles. The van der Waals surface area contributed by atoms with Crippen LogP contribution in [0.2, 0.25) is 0 Å². The maximum absolute atomic E-state index is 11.5. The van der Waals surface area contributed by atoms with Crippen LogP contribution in [0.15, 0.2) is 98.7 Å². The van der Waals surface area contributed by atoms with Crippen LogP contribution in [-0.4, -0.2) is 23.9 Å². The van der Waals surface area contributed by atoms with Crippen molar-refractivity contribution < 1.29 is 28.7 Å². The van der Waals surface area contributed by atoms with Crippen LogP contribution in [-0.2, 0) is 28.7 Å². The van der Waals surface area contributed by atoms with Crippen LogP contribution in [0.5, 0.6) is 0 Å². The fourth-order valence-electron chi connectivity index (χ4n) is 3.55. The van der Waals surface area contributed by atoms with Crippen molar-refractivity contribution in [2.45, 2.75) is 72.6 Å². The molecule has 0 amide bonds. The third kappa shape index (κ3) is 21.2. The third-order valence-corrected chi connectivity index (χ3v) is 5.76. The summed E-state index contributed by atoms with van der Waals surface area (Å²) in [6, 6.07) is 0. The predicted octanol–water partition coefficient (Wildman–Crippen LogP) is 8.11. The van der Waals surface area contributed by atoms with E-state index in [2.05, 4.69) is 85.6 Å². The second-order valence-electron chi connectivity index (χ2n) is 8.81. The number of carbonyl (C=O) groups is 4. The molecule has 2 rings (SSSR count). The van der Waals surface area contributed by atoms with Gasteiger partial charge >= 0.3 is 23.9 Å². The number of carbonyl (C=O) groups excluding carboxylic acids is 4. The molecule has 0 radical (unpaired) electrons. The van der Waals surface area contributed by atoms with Crippen molar-refractivity contribution >= 4 is 23.9 Å². The maximum Gasteiger partial charge on any atom is 0.338 e. The molecule has 0 saturated carbocycles. The predicted molar refractivity (Wildman–Crippen MR) is 164 cm³/mol. The van der Waals surface area contributed by atoms with Gasteiger partial charge in [0.1, 0.15) is 0 Å². The molecule has 2 aliphatic rings. The number of cyclic esters (lactones) is 4. The summed E-state index contributed by atoms with van der Waals surface area (Å²) in [5.74, 6) is -1.26. The first-order chi connectivity index (χ1) is 19.2. The number of ether oxygens (including phenoxy) is 2. The van der Waals surface area contributed by atoms with E-state index in [0.717, 1.165) is 37.8 Å². The van der Waals surface area contributed by atoms with Gasteiger partial charge in [-0.15, -0.1) is 6.58 Å². The first-order valence-electron chi connectivity index (χ1n) is 13.7. The number of esters is 4. The summed E-state index contributed by atoms with van der Waals surface area (Å²) in [4.78, 5) is 42.5. The summed E-state index contributed by atoms with van der Waals surface area (Å²) >= 11 is 0. The van der Waals surface area contributed by atoms with Gasteiger partial charge in [0.15, 0.2) is 0 Å². The zero-order chi connectivity index (χ0) is 30.6. The van der Waals surface area contributed by atoms with Gasteiger partial charge in [-0.2, -0.15) is 0 Å². The lowest BCUT2D eigenvalue weighted by Gasteiger charge is -2.17. The molecule has 0 aromatic carbocycles. The summed E-state index contributed by atoms with van der Waals surface area (Å²) in [5.41, 5.74) is 0. The average molecular weight is 553 g/mol. The van der Waals surface area contributed by atoms with E-state index in [1.807, 2.05) is 26.0 Å². The smallest absolute Gasteiger partial charge is 0.338 e. The normalized spacial score (nSPS) is 17.4. The largest absolute Gasteiger partial charge is 0.393 e. The van der Waals surface area contributed by atoms with Crippen LogP contribution < -0.4 is 0 Å². The Kier molecular flexibility index (Phi) is 25.7. The van der Waals surface area contributed by atoms with E-state index in [1.54, 1.807) is 12.2 Å². The second kappa shape index (κ2) is 26.8. The molecule has 3 unspecified atom stereocenters. The van der Waals surface area contributed by atoms with Gasteiger partial charge in [0.25, 0.3) is 0 Å². The molecule has 0 spiro atoms.